The second-order valence-corrected chi connectivity index (χ2v) is 7.16. The number of carboxylic acid groups (broad SMARTS) is 1. The van der Waals surface area contributed by atoms with E-state index in [0.717, 1.165) is 18.9 Å². The van der Waals surface area contributed by atoms with E-state index in [1.54, 1.807) is 0 Å². The van der Waals surface area contributed by atoms with Gasteiger partial charge in [0.15, 0.2) is 0 Å². The summed E-state index contributed by atoms with van der Waals surface area (Å²) in [5.74, 6) is -0.186. The van der Waals surface area contributed by atoms with Gasteiger partial charge in [-0.25, -0.2) is 0 Å². The second-order valence-electron chi connectivity index (χ2n) is 7.16. The first-order valence-electron chi connectivity index (χ1n) is 8.31. The lowest BCUT2D eigenvalue weighted by molar-refractivity contribution is -0.138. The van der Waals surface area contributed by atoms with Crippen molar-refractivity contribution in [3.05, 3.63) is 0 Å². The summed E-state index contributed by atoms with van der Waals surface area (Å²) in [4.78, 5) is 16.2. The van der Waals surface area contributed by atoms with Gasteiger partial charge in [-0.15, -0.1) is 0 Å². The maximum atomic E-state index is 10.9. The van der Waals surface area contributed by atoms with Crippen molar-refractivity contribution < 1.29 is 9.90 Å². The predicted octanol–water partition coefficient (Wildman–Crippen LogP) is 2.19. The highest BCUT2D eigenvalue weighted by atomic mass is 16.4. The lowest BCUT2D eigenvalue weighted by atomic mass is 9.86. The average molecular weight is 280 g/mol. The van der Waals surface area contributed by atoms with Crippen LogP contribution in [0.3, 0.4) is 0 Å². The molecule has 3 unspecified atom stereocenters. The minimum absolute atomic E-state index is 0.383. The van der Waals surface area contributed by atoms with Crippen LogP contribution in [0, 0.1) is 5.92 Å². The molecule has 0 radical (unpaired) electrons. The van der Waals surface area contributed by atoms with Crippen molar-refractivity contribution in [3.8, 4) is 0 Å². The highest BCUT2D eigenvalue weighted by Crippen LogP contribution is 2.42. The van der Waals surface area contributed by atoms with Gasteiger partial charge in [0.05, 0.1) is 0 Å². The fourth-order valence-corrected chi connectivity index (χ4v) is 4.86. The van der Waals surface area contributed by atoms with E-state index in [4.69, 9.17) is 5.11 Å². The number of carbonyl (C=O) groups is 1. The average Bonchev–Trinajstić information content (AvgIpc) is 2.57. The summed E-state index contributed by atoms with van der Waals surface area (Å²) < 4.78 is 0. The molecular formula is C16H28N2O2. The first-order valence-corrected chi connectivity index (χ1v) is 8.31. The highest BCUT2D eigenvalue weighted by molar-refractivity contribution is 5.67. The molecule has 0 aromatic rings. The van der Waals surface area contributed by atoms with Gasteiger partial charge in [-0.3, -0.25) is 9.69 Å². The zero-order valence-electron chi connectivity index (χ0n) is 12.6. The van der Waals surface area contributed by atoms with Crippen LogP contribution in [0.25, 0.3) is 0 Å². The molecule has 1 N–H and O–H groups in total. The first-order chi connectivity index (χ1) is 9.63. The Balaban J connectivity index is 1.63. The van der Waals surface area contributed by atoms with E-state index in [-0.39, 0.29) is 0 Å². The largest absolute Gasteiger partial charge is 0.481 e. The van der Waals surface area contributed by atoms with Gasteiger partial charge in [-0.2, -0.15) is 0 Å². The number of hydrogen-bond acceptors (Lipinski definition) is 3. The van der Waals surface area contributed by atoms with Crippen molar-refractivity contribution in [3.63, 3.8) is 0 Å². The van der Waals surface area contributed by atoms with E-state index in [1.165, 1.54) is 45.2 Å². The minimum atomic E-state index is -0.612. The van der Waals surface area contributed by atoms with Crippen LogP contribution < -0.4 is 0 Å². The maximum absolute atomic E-state index is 10.9. The zero-order valence-corrected chi connectivity index (χ0v) is 12.6. The summed E-state index contributed by atoms with van der Waals surface area (Å²) in [5.41, 5.74) is 0. The van der Waals surface area contributed by atoms with Gasteiger partial charge in [-0.1, -0.05) is 0 Å². The van der Waals surface area contributed by atoms with E-state index in [0.29, 0.717) is 24.4 Å². The third kappa shape index (κ3) is 3.01. The van der Waals surface area contributed by atoms with Crippen LogP contribution in [0.15, 0.2) is 0 Å². The summed E-state index contributed by atoms with van der Waals surface area (Å²) in [5, 5.41) is 9.02. The lowest BCUT2D eigenvalue weighted by Crippen LogP contribution is -2.49. The quantitative estimate of drug-likeness (QED) is 0.860. The number of nitrogens with zero attached hydrogens (tertiary/aromatic N) is 2. The van der Waals surface area contributed by atoms with Crippen LogP contribution in [0.5, 0.6) is 0 Å². The molecule has 3 aliphatic heterocycles. The van der Waals surface area contributed by atoms with Crippen LogP contribution in [-0.4, -0.2) is 59.1 Å². The van der Waals surface area contributed by atoms with Crippen molar-refractivity contribution in [2.45, 2.75) is 69.5 Å². The standard InChI is InChI=1S/C16H28N2O2/c1-17-7-2-3-13(6-8-17)18-14-4-5-15(18)10-12(9-14)11-16(19)20/h12-15H,2-11H2,1H3,(H,19,20). The Morgan fingerprint density at radius 2 is 1.75 bits per heavy atom. The van der Waals surface area contributed by atoms with E-state index in [9.17, 15) is 4.79 Å². The maximum Gasteiger partial charge on any atom is 0.303 e. The lowest BCUT2D eigenvalue weighted by Gasteiger charge is -2.43. The Labute approximate surface area is 122 Å². The molecule has 3 aliphatic rings. The van der Waals surface area contributed by atoms with E-state index < -0.39 is 5.97 Å². The fourth-order valence-electron chi connectivity index (χ4n) is 4.86. The number of aliphatic carboxylic acids is 1. The van der Waals surface area contributed by atoms with Gasteiger partial charge in [-0.05, 0) is 71.0 Å². The van der Waals surface area contributed by atoms with Crippen molar-refractivity contribution >= 4 is 5.97 Å². The highest BCUT2D eigenvalue weighted by Gasteiger charge is 2.44. The Morgan fingerprint density at radius 3 is 2.40 bits per heavy atom. The summed E-state index contributed by atoms with van der Waals surface area (Å²) in [6.45, 7) is 2.46. The van der Waals surface area contributed by atoms with E-state index >= 15 is 0 Å². The third-order valence-electron chi connectivity index (χ3n) is 5.69. The molecule has 4 nitrogen and oxygen atoms in total. The van der Waals surface area contributed by atoms with Crippen molar-refractivity contribution in [1.82, 2.24) is 9.80 Å². The second kappa shape index (κ2) is 6.02. The van der Waals surface area contributed by atoms with Crippen molar-refractivity contribution in [1.29, 1.82) is 0 Å². The number of carboxylic acids is 1. The van der Waals surface area contributed by atoms with Gasteiger partial charge < -0.3 is 10.0 Å². The summed E-state index contributed by atoms with van der Waals surface area (Å²) in [6.07, 6.45) is 9.17. The molecule has 3 saturated heterocycles. The Morgan fingerprint density at radius 1 is 1.05 bits per heavy atom. The SMILES string of the molecule is CN1CCCC(N2C3CCC2CC(CC(=O)O)C3)CC1. The molecule has 3 rings (SSSR count). The topological polar surface area (TPSA) is 43.8 Å². The molecule has 0 amide bonds. The van der Waals surface area contributed by atoms with Crippen molar-refractivity contribution in [2.75, 3.05) is 20.1 Å². The van der Waals surface area contributed by atoms with Gasteiger partial charge in [0.1, 0.15) is 0 Å². The summed E-state index contributed by atoms with van der Waals surface area (Å²) in [6, 6.07) is 2.10. The molecule has 4 heteroatoms. The number of fused-ring (bicyclic) bond motifs is 2. The van der Waals surface area contributed by atoms with E-state index in [2.05, 4.69) is 16.8 Å². The molecule has 0 aliphatic carbocycles. The van der Waals surface area contributed by atoms with Gasteiger partial charge >= 0.3 is 5.97 Å². The number of hydrogen-bond donors (Lipinski definition) is 1. The smallest absolute Gasteiger partial charge is 0.303 e. The number of rotatable bonds is 3. The molecule has 0 saturated carbocycles. The van der Waals surface area contributed by atoms with Crippen LogP contribution in [0.2, 0.25) is 0 Å². The van der Waals surface area contributed by atoms with Crippen LogP contribution >= 0.6 is 0 Å². The van der Waals surface area contributed by atoms with Crippen LogP contribution in [0.1, 0.15) is 51.4 Å². The minimum Gasteiger partial charge on any atom is -0.481 e. The molecule has 0 spiro atoms. The third-order valence-corrected chi connectivity index (χ3v) is 5.69. The van der Waals surface area contributed by atoms with Crippen LogP contribution in [0.4, 0.5) is 0 Å². The zero-order chi connectivity index (χ0) is 14.1. The molecular weight excluding hydrogens is 252 g/mol. The molecule has 0 aromatic carbocycles. The van der Waals surface area contributed by atoms with Gasteiger partial charge in [0, 0.05) is 24.5 Å². The Bertz CT molecular complexity index is 346. The number of piperidine rings is 1. The first kappa shape index (κ1) is 14.3. The van der Waals surface area contributed by atoms with Crippen LogP contribution in [-0.2, 0) is 4.79 Å². The monoisotopic (exact) mass is 280 g/mol. The fraction of sp³-hybridized carbons (Fsp3) is 0.938. The summed E-state index contributed by atoms with van der Waals surface area (Å²) in [7, 11) is 2.23. The van der Waals surface area contributed by atoms with Gasteiger partial charge in [0.25, 0.3) is 0 Å². The Kier molecular flexibility index (Phi) is 4.32. The molecule has 3 atom stereocenters. The molecule has 0 aromatic heterocycles. The predicted molar refractivity (Wildman–Crippen MR) is 78.8 cm³/mol. The molecule has 20 heavy (non-hydrogen) atoms. The molecule has 114 valence electrons. The Hall–Kier alpha value is -0.610. The number of likely N-dealkylation sites (tertiary alicyclic amines) is 1. The normalized spacial score (nSPS) is 39.6. The van der Waals surface area contributed by atoms with Crippen molar-refractivity contribution in [2.24, 2.45) is 5.92 Å². The van der Waals surface area contributed by atoms with E-state index in [1.807, 2.05) is 0 Å². The molecule has 3 heterocycles. The molecule has 3 fully saturated rings. The van der Waals surface area contributed by atoms with Gasteiger partial charge in [0.2, 0.25) is 0 Å². The summed E-state index contributed by atoms with van der Waals surface area (Å²) >= 11 is 0. The molecule has 2 bridgehead atoms.